The maximum absolute atomic E-state index is 12.6. The van der Waals surface area contributed by atoms with Gasteiger partial charge in [0.1, 0.15) is 6.04 Å². The van der Waals surface area contributed by atoms with Crippen LogP contribution in [0, 0.1) is 0 Å². The van der Waals surface area contributed by atoms with Gasteiger partial charge in [0, 0.05) is 26.3 Å². The average Bonchev–Trinajstić information content (AvgIpc) is 3.22. The predicted octanol–water partition coefficient (Wildman–Crippen LogP) is 0.516. The van der Waals surface area contributed by atoms with E-state index in [9.17, 15) is 9.59 Å². The van der Waals surface area contributed by atoms with Crippen LogP contribution in [0.15, 0.2) is 42.7 Å². The Balaban J connectivity index is 1.71. The molecule has 2 aromatic rings. The van der Waals surface area contributed by atoms with Crippen molar-refractivity contribution in [1.82, 2.24) is 14.7 Å². The first kappa shape index (κ1) is 16.2. The fourth-order valence-electron chi connectivity index (χ4n) is 2.96. The van der Waals surface area contributed by atoms with Crippen LogP contribution in [0.5, 0.6) is 0 Å². The summed E-state index contributed by atoms with van der Waals surface area (Å²) >= 11 is 0. The molecule has 3 rings (SSSR count). The van der Waals surface area contributed by atoms with E-state index in [0.29, 0.717) is 13.0 Å². The summed E-state index contributed by atoms with van der Waals surface area (Å²) in [5.74, 6) is -0.645. The van der Waals surface area contributed by atoms with E-state index in [4.69, 9.17) is 10.5 Å². The van der Waals surface area contributed by atoms with Crippen molar-refractivity contribution in [2.75, 3.05) is 13.7 Å². The van der Waals surface area contributed by atoms with E-state index in [2.05, 4.69) is 5.10 Å². The molecule has 0 radical (unpaired) electrons. The molecule has 0 unspecified atom stereocenters. The van der Waals surface area contributed by atoms with E-state index in [1.54, 1.807) is 18.0 Å². The molecule has 0 bridgehead atoms. The van der Waals surface area contributed by atoms with Crippen LogP contribution in [0.25, 0.3) is 5.69 Å². The Kier molecular flexibility index (Phi) is 4.61. The predicted molar refractivity (Wildman–Crippen MR) is 87.4 cm³/mol. The molecule has 0 spiro atoms. The molecule has 0 saturated carbocycles. The first-order valence-electron chi connectivity index (χ1n) is 7.79. The number of primary amides is 1. The van der Waals surface area contributed by atoms with E-state index in [0.717, 1.165) is 11.3 Å². The van der Waals surface area contributed by atoms with Crippen LogP contribution in [0.1, 0.15) is 12.0 Å². The maximum atomic E-state index is 12.6. The molecule has 126 valence electrons. The molecule has 24 heavy (non-hydrogen) atoms. The normalized spacial score (nSPS) is 20.3. The number of amides is 2. The zero-order valence-electron chi connectivity index (χ0n) is 13.5. The lowest BCUT2D eigenvalue weighted by Gasteiger charge is -2.21. The van der Waals surface area contributed by atoms with E-state index in [-0.39, 0.29) is 18.4 Å². The number of nitrogens with two attached hydrogens (primary N) is 1. The summed E-state index contributed by atoms with van der Waals surface area (Å²) in [6.07, 6.45) is 3.94. The van der Waals surface area contributed by atoms with E-state index < -0.39 is 11.9 Å². The van der Waals surface area contributed by atoms with Crippen LogP contribution in [-0.2, 0) is 20.7 Å². The lowest BCUT2D eigenvalue weighted by Crippen LogP contribution is -2.44. The molecule has 2 heterocycles. The van der Waals surface area contributed by atoms with Gasteiger partial charge >= 0.3 is 0 Å². The Bertz CT molecular complexity index is 728. The number of ether oxygens (including phenoxy) is 1. The average molecular weight is 328 g/mol. The zero-order chi connectivity index (χ0) is 17.1. The lowest BCUT2D eigenvalue weighted by atomic mass is 10.1. The number of aromatic nitrogens is 2. The standard InChI is InChI=1S/C17H20N4O3/c1-24-14-8-15(17(18)23)20(11-14)16(22)7-12-9-19-21(10-12)13-5-3-2-4-6-13/h2-6,9-10,14-15H,7-8,11H2,1H3,(H2,18,23)/t14-,15-/m0/s1. The van der Waals surface area contributed by atoms with Crippen LogP contribution in [0.3, 0.4) is 0 Å². The summed E-state index contributed by atoms with van der Waals surface area (Å²) in [7, 11) is 1.57. The second kappa shape index (κ2) is 6.84. The van der Waals surface area contributed by atoms with Crippen molar-refractivity contribution in [2.45, 2.75) is 25.0 Å². The quantitative estimate of drug-likeness (QED) is 0.866. The molecule has 2 atom stereocenters. The molecular formula is C17H20N4O3. The molecule has 1 aliphatic rings. The largest absolute Gasteiger partial charge is 0.380 e. The third-order valence-electron chi connectivity index (χ3n) is 4.26. The minimum absolute atomic E-state index is 0.147. The molecule has 1 aromatic carbocycles. The Morgan fingerprint density at radius 2 is 2.08 bits per heavy atom. The van der Waals surface area contributed by atoms with Gasteiger partial charge in [0.05, 0.1) is 24.4 Å². The second-order valence-corrected chi connectivity index (χ2v) is 5.86. The van der Waals surface area contributed by atoms with Gasteiger partial charge in [-0.15, -0.1) is 0 Å². The maximum Gasteiger partial charge on any atom is 0.240 e. The number of carbonyl (C=O) groups excluding carboxylic acids is 2. The van der Waals surface area contributed by atoms with E-state index in [1.807, 2.05) is 36.5 Å². The van der Waals surface area contributed by atoms with Crippen LogP contribution in [0.4, 0.5) is 0 Å². The number of likely N-dealkylation sites (tertiary alicyclic amines) is 1. The Morgan fingerprint density at radius 3 is 2.75 bits per heavy atom. The summed E-state index contributed by atoms with van der Waals surface area (Å²) in [4.78, 5) is 25.6. The van der Waals surface area contributed by atoms with Crippen molar-refractivity contribution in [3.63, 3.8) is 0 Å². The molecule has 2 N–H and O–H groups in total. The number of nitrogens with zero attached hydrogens (tertiary/aromatic N) is 3. The van der Waals surface area contributed by atoms with Gasteiger partial charge in [-0.3, -0.25) is 9.59 Å². The molecule has 1 fully saturated rings. The summed E-state index contributed by atoms with van der Waals surface area (Å²) < 4.78 is 6.98. The van der Waals surface area contributed by atoms with Crippen molar-refractivity contribution >= 4 is 11.8 Å². The number of carbonyl (C=O) groups is 2. The third kappa shape index (κ3) is 3.30. The van der Waals surface area contributed by atoms with Gasteiger partial charge in [0.2, 0.25) is 11.8 Å². The molecule has 1 aromatic heterocycles. The minimum Gasteiger partial charge on any atom is -0.380 e. The van der Waals surface area contributed by atoms with Crippen molar-refractivity contribution in [3.8, 4) is 5.69 Å². The highest BCUT2D eigenvalue weighted by atomic mass is 16.5. The molecule has 7 heteroatoms. The van der Waals surface area contributed by atoms with Gasteiger partial charge in [0.15, 0.2) is 0 Å². The second-order valence-electron chi connectivity index (χ2n) is 5.86. The van der Waals surface area contributed by atoms with Gasteiger partial charge in [0.25, 0.3) is 0 Å². The van der Waals surface area contributed by atoms with E-state index >= 15 is 0 Å². The number of para-hydroxylation sites is 1. The summed E-state index contributed by atoms with van der Waals surface area (Å²) in [6.45, 7) is 0.385. The van der Waals surface area contributed by atoms with Gasteiger partial charge in [-0.1, -0.05) is 18.2 Å². The van der Waals surface area contributed by atoms with Crippen molar-refractivity contribution in [1.29, 1.82) is 0 Å². The fraction of sp³-hybridized carbons (Fsp3) is 0.353. The number of benzene rings is 1. The highest BCUT2D eigenvalue weighted by Crippen LogP contribution is 2.21. The third-order valence-corrected chi connectivity index (χ3v) is 4.26. The lowest BCUT2D eigenvalue weighted by molar-refractivity contribution is -0.136. The van der Waals surface area contributed by atoms with Crippen molar-refractivity contribution < 1.29 is 14.3 Å². The Hall–Kier alpha value is -2.67. The molecule has 1 saturated heterocycles. The van der Waals surface area contributed by atoms with Gasteiger partial charge in [-0.2, -0.15) is 5.10 Å². The Morgan fingerprint density at radius 1 is 1.33 bits per heavy atom. The summed E-state index contributed by atoms with van der Waals surface area (Å²) in [5, 5.41) is 4.28. The monoisotopic (exact) mass is 328 g/mol. The Labute approximate surface area is 140 Å². The van der Waals surface area contributed by atoms with Crippen LogP contribution in [-0.4, -0.2) is 52.3 Å². The zero-order valence-corrected chi connectivity index (χ0v) is 13.5. The fourth-order valence-corrected chi connectivity index (χ4v) is 2.96. The van der Waals surface area contributed by atoms with Gasteiger partial charge in [-0.05, 0) is 17.7 Å². The molecule has 7 nitrogen and oxygen atoms in total. The first-order valence-corrected chi connectivity index (χ1v) is 7.79. The molecule has 0 aliphatic carbocycles. The highest BCUT2D eigenvalue weighted by molar-refractivity contribution is 5.88. The molecular weight excluding hydrogens is 308 g/mol. The van der Waals surface area contributed by atoms with E-state index in [1.165, 1.54) is 4.90 Å². The highest BCUT2D eigenvalue weighted by Gasteiger charge is 2.38. The van der Waals surface area contributed by atoms with Crippen molar-refractivity contribution in [3.05, 3.63) is 48.3 Å². The van der Waals surface area contributed by atoms with Crippen molar-refractivity contribution in [2.24, 2.45) is 5.73 Å². The minimum atomic E-state index is -0.605. The molecule has 1 aliphatic heterocycles. The number of hydrogen-bond acceptors (Lipinski definition) is 4. The number of hydrogen-bond donors (Lipinski definition) is 1. The summed E-state index contributed by atoms with van der Waals surface area (Å²) in [5.41, 5.74) is 7.12. The first-order chi connectivity index (χ1) is 11.6. The van der Waals surface area contributed by atoms with Crippen LogP contribution < -0.4 is 5.73 Å². The number of rotatable bonds is 5. The molecule has 2 amide bonds. The topological polar surface area (TPSA) is 90.4 Å². The smallest absolute Gasteiger partial charge is 0.240 e. The summed E-state index contributed by atoms with van der Waals surface area (Å²) in [6, 6.07) is 9.05. The van der Waals surface area contributed by atoms with Gasteiger partial charge in [-0.25, -0.2) is 4.68 Å². The SMILES string of the molecule is CO[C@H]1C[C@@H](C(N)=O)N(C(=O)Cc2cnn(-c3ccccc3)c2)C1. The number of methoxy groups -OCH3 is 1. The van der Waals surface area contributed by atoms with Crippen LogP contribution in [0.2, 0.25) is 0 Å². The van der Waals surface area contributed by atoms with Crippen LogP contribution >= 0.6 is 0 Å². The van der Waals surface area contributed by atoms with Gasteiger partial charge < -0.3 is 15.4 Å².